The Morgan fingerprint density at radius 3 is 2.20 bits per heavy atom. The Bertz CT molecular complexity index is 551. The fraction of sp³-hybridized carbons (Fsp3) is 0.368. The molecule has 1 nitrogen and oxygen atoms in total. The minimum Gasteiger partial charge on any atom is -0.319 e. The Morgan fingerprint density at radius 1 is 0.900 bits per heavy atom. The Morgan fingerprint density at radius 2 is 1.60 bits per heavy atom. The number of nitrogens with one attached hydrogen (secondary N) is 1. The van der Waals surface area contributed by atoms with E-state index in [1.54, 1.807) is 0 Å². The van der Waals surface area contributed by atoms with Crippen molar-refractivity contribution < 1.29 is 0 Å². The van der Waals surface area contributed by atoms with Crippen molar-refractivity contribution in [2.24, 2.45) is 0 Å². The number of aryl methyl sites for hydroxylation is 3. The zero-order valence-corrected chi connectivity index (χ0v) is 13.0. The van der Waals surface area contributed by atoms with E-state index in [0.29, 0.717) is 5.92 Å². The molecule has 0 saturated heterocycles. The van der Waals surface area contributed by atoms with E-state index in [0.717, 1.165) is 13.0 Å². The Balaban J connectivity index is 2.25. The minimum atomic E-state index is 0.529. The summed E-state index contributed by atoms with van der Waals surface area (Å²) in [6.45, 7) is 7.53. The SMILES string of the molecule is CNCC(Cc1cc(C)cc(C)c1)c1cccc(C)c1. The van der Waals surface area contributed by atoms with Gasteiger partial charge in [-0.25, -0.2) is 0 Å². The van der Waals surface area contributed by atoms with Crippen LogP contribution in [0.15, 0.2) is 42.5 Å². The molecule has 0 spiro atoms. The average molecular weight is 267 g/mol. The van der Waals surface area contributed by atoms with E-state index in [9.17, 15) is 0 Å². The van der Waals surface area contributed by atoms with Gasteiger partial charge in [0.25, 0.3) is 0 Å². The van der Waals surface area contributed by atoms with Crippen molar-refractivity contribution in [2.45, 2.75) is 33.1 Å². The van der Waals surface area contributed by atoms with Gasteiger partial charge in [-0.2, -0.15) is 0 Å². The van der Waals surface area contributed by atoms with E-state index in [1.165, 1.54) is 27.8 Å². The van der Waals surface area contributed by atoms with E-state index in [-0.39, 0.29) is 0 Å². The van der Waals surface area contributed by atoms with E-state index in [4.69, 9.17) is 0 Å². The van der Waals surface area contributed by atoms with Crippen LogP contribution in [-0.2, 0) is 6.42 Å². The van der Waals surface area contributed by atoms with Crippen LogP contribution in [0.3, 0.4) is 0 Å². The molecule has 0 saturated carbocycles. The van der Waals surface area contributed by atoms with Crippen LogP contribution in [-0.4, -0.2) is 13.6 Å². The molecule has 2 aromatic rings. The van der Waals surface area contributed by atoms with Gasteiger partial charge in [-0.05, 0) is 45.4 Å². The molecule has 1 heteroatoms. The first-order valence-corrected chi connectivity index (χ1v) is 7.37. The highest BCUT2D eigenvalue weighted by Crippen LogP contribution is 2.22. The molecule has 0 amide bonds. The molecule has 0 aliphatic carbocycles. The van der Waals surface area contributed by atoms with Gasteiger partial charge < -0.3 is 5.32 Å². The van der Waals surface area contributed by atoms with Gasteiger partial charge in [-0.15, -0.1) is 0 Å². The lowest BCUT2D eigenvalue weighted by Crippen LogP contribution is -2.19. The van der Waals surface area contributed by atoms with Crippen LogP contribution in [0.1, 0.15) is 33.7 Å². The molecule has 0 aliphatic heterocycles. The Kier molecular flexibility index (Phi) is 4.97. The fourth-order valence-electron chi connectivity index (χ4n) is 2.95. The zero-order chi connectivity index (χ0) is 14.5. The van der Waals surface area contributed by atoms with Gasteiger partial charge in [0.05, 0.1) is 0 Å². The average Bonchev–Trinajstić information content (AvgIpc) is 2.37. The van der Waals surface area contributed by atoms with Crippen LogP contribution in [0.4, 0.5) is 0 Å². The molecule has 0 aliphatic rings. The Hall–Kier alpha value is -1.60. The first kappa shape index (κ1) is 14.8. The summed E-state index contributed by atoms with van der Waals surface area (Å²) in [5, 5.41) is 3.34. The third kappa shape index (κ3) is 3.94. The minimum absolute atomic E-state index is 0.529. The second kappa shape index (κ2) is 6.71. The normalized spacial score (nSPS) is 12.4. The molecular weight excluding hydrogens is 242 g/mol. The summed E-state index contributed by atoms with van der Waals surface area (Å²) < 4.78 is 0. The molecule has 106 valence electrons. The topological polar surface area (TPSA) is 12.0 Å². The summed E-state index contributed by atoms with van der Waals surface area (Å²) in [5.74, 6) is 0.529. The molecule has 2 aromatic carbocycles. The molecule has 2 rings (SSSR count). The lowest BCUT2D eigenvalue weighted by molar-refractivity contribution is 0.625. The van der Waals surface area contributed by atoms with Crippen LogP contribution >= 0.6 is 0 Å². The number of hydrogen-bond donors (Lipinski definition) is 1. The van der Waals surface area contributed by atoms with Crippen LogP contribution < -0.4 is 5.32 Å². The van der Waals surface area contributed by atoms with Gasteiger partial charge in [0.15, 0.2) is 0 Å². The summed E-state index contributed by atoms with van der Waals surface area (Å²) in [6.07, 6.45) is 1.09. The molecule has 0 heterocycles. The Labute approximate surface area is 123 Å². The highest BCUT2D eigenvalue weighted by atomic mass is 14.8. The van der Waals surface area contributed by atoms with Crippen molar-refractivity contribution in [2.75, 3.05) is 13.6 Å². The fourth-order valence-corrected chi connectivity index (χ4v) is 2.95. The maximum Gasteiger partial charge on any atom is 0.00203 e. The summed E-state index contributed by atoms with van der Waals surface area (Å²) in [7, 11) is 2.03. The molecule has 1 atom stereocenters. The van der Waals surface area contributed by atoms with Crippen LogP contribution in [0.5, 0.6) is 0 Å². The maximum absolute atomic E-state index is 3.34. The summed E-state index contributed by atoms with van der Waals surface area (Å²) in [6, 6.07) is 15.7. The molecule has 1 N–H and O–H groups in total. The van der Waals surface area contributed by atoms with Crippen LogP contribution in [0.2, 0.25) is 0 Å². The standard InChI is InChI=1S/C19H25N/c1-14-6-5-7-18(11-14)19(13-20-4)12-17-9-15(2)8-16(3)10-17/h5-11,19-20H,12-13H2,1-4H3. The molecule has 1 unspecified atom stereocenters. The number of likely N-dealkylation sites (N-methyl/N-ethyl adjacent to an activating group) is 1. The second-order valence-corrected chi connectivity index (χ2v) is 5.87. The molecule has 0 fully saturated rings. The van der Waals surface area contributed by atoms with Crippen molar-refractivity contribution in [1.29, 1.82) is 0 Å². The maximum atomic E-state index is 3.34. The summed E-state index contributed by atoms with van der Waals surface area (Å²) >= 11 is 0. The number of rotatable bonds is 5. The van der Waals surface area contributed by atoms with Crippen molar-refractivity contribution in [1.82, 2.24) is 5.32 Å². The van der Waals surface area contributed by atoms with E-state index in [2.05, 4.69) is 68.6 Å². The first-order valence-electron chi connectivity index (χ1n) is 7.37. The van der Waals surface area contributed by atoms with Gasteiger partial charge in [0.2, 0.25) is 0 Å². The molecular formula is C19H25N. The molecule has 0 bridgehead atoms. The first-order chi connectivity index (χ1) is 9.58. The van der Waals surface area contributed by atoms with Crippen molar-refractivity contribution in [3.05, 3.63) is 70.3 Å². The van der Waals surface area contributed by atoms with Crippen molar-refractivity contribution in [3.63, 3.8) is 0 Å². The van der Waals surface area contributed by atoms with E-state index in [1.807, 2.05) is 7.05 Å². The van der Waals surface area contributed by atoms with Gasteiger partial charge >= 0.3 is 0 Å². The largest absolute Gasteiger partial charge is 0.319 e. The lowest BCUT2D eigenvalue weighted by atomic mass is 9.90. The predicted octanol–water partition coefficient (Wildman–Crippen LogP) is 4.16. The van der Waals surface area contributed by atoms with Gasteiger partial charge in [-0.3, -0.25) is 0 Å². The van der Waals surface area contributed by atoms with Crippen LogP contribution in [0, 0.1) is 20.8 Å². The zero-order valence-electron chi connectivity index (χ0n) is 13.0. The number of benzene rings is 2. The smallest absolute Gasteiger partial charge is 0.00203 e. The van der Waals surface area contributed by atoms with Crippen LogP contribution in [0.25, 0.3) is 0 Å². The van der Waals surface area contributed by atoms with E-state index >= 15 is 0 Å². The molecule has 0 aromatic heterocycles. The molecule has 20 heavy (non-hydrogen) atoms. The van der Waals surface area contributed by atoms with Gasteiger partial charge in [-0.1, -0.05) is 59.2 Å². The quantitative estimate of drug-likeness (QED) is 0.858. The van der Waals surface area contributed by atoms with E-state index < -0.39 is 0 Å². The van der Waals surface area contributed by atoms with Gasteiger partial charge in [0.1, 0.15) is 0 Å². The van der Waals surface area contributed by atoms with Crippen molar-refractivity contribution in [3.8, 4) is 0 Å². The summed E-state index contributed by atoms with van der Waals surface area (Å²) in [4.78, 5) is 0. The van der Waals surface area contributed by atoms with Crippen molar-refractivity contribution >= 4 is 0 Å². The third-order valence-electron chi connectivity index (χ3n) is 3.73. The summed E-state index contributed by atoms with van der Waals surface area (Å²) in [5.41, 5.74) is 6.91. The number of hydrogen-bond acceptors (Lipinski definition) is 1. The lowest BCUT2D eigenvalue weighted by Gasteiger charge is -2.18. The second-order valence-electron chi connectivity index (χ2n) is 5.87. The predicted molar refractivity (Wildman–Crippen MR) is 87.5 cm³/mol. The van der Waals surface area contributed by atoms with Gasteiger partial charge in [0, 0.05) is 12.5 Å². The highest BCUT2D eigenvalue weighted by molar-refractivity contribution is 5.32. The monoisotopic (exact) mass is 267 g/mol. The highest BCUT2D eigenvalue weighted by Gasteiger charge is 2.12. The molecule has 0 radical (unpaired) electrons. The third-order valence-corrected chi connectivity index (χ3v) is 3.73.